The highest BCUT2D eigenvalue weighted by Gasteiger charge is 2.30. The smallest absolute Gasteiger partial charge is 0.407 e. The van der Waals surface area contributed by atoms with Crippen molar-refractivity contribution in [2.75, 3.05) is 37.4 Å². The number of aromatic nitrogens is 4. The number of benzene rings is 3. The SMILES string of the molecule is C=CCOC(=O)[C@H](CCCCNC(=O)c1ccc(Cn2c(O)nc3c(N)nc(NCCCC)nc32)cc1)NC(=O)OCC1c2ccccc2-c2ccccc21. The van der Waals surface area contributed by atoms with Crippen LogP contribution in [-0.4, -0.2) is 74.9 Å². The first kappa shape index (κ1) is 38.3. The standard InChI is InChI=1S/C41H46N8O6/c1-3-5-21-44-39-47-35(42)34-36(48-39)49(40(52)46-34)24-26-17-19-27(20-18-26)37(50)43-22-11-10-16-33(38(51)54-23-4-2)45-41(53)55-25-32-30-14-8-6-12-28(30)29-13-7-9-15-31(29)32/h4,6-9,12-15,17-20,32-33H,2-3,5,10-11,16,21-25H2,1H3,(H,43,50)(H,45,53)(H,46,52)(H3,42,44,47,48)/t33-/m0/s1. The first-order chi connectivity index (χ1) is 26.8. The van der Waals surface area contributed by atoms with Gasteiger partial charge in [-0.25, -0.2) is 9.59 Å². The molecule has 0 saturated carbocycles. The topological polar surface area (TPSA) is 196 Å². The average molecular weight is 747 g/mol. The summed E-state index contributed by atoms with van der Waals surface area (Å²) in [5, 5.41) is 19.3. The van der Waals surface area contributed by atoms with Crippen molar-refractivity contribution in [1.82, 2.24) is 30.2 Å². The molecule has 14 heteroatoms. The van der Waals surface area contributed by atoms with Crippen molar-refractivity contribution in [3.63, 3.8) is 0 Å². The number of carbonyl (C=O) groups is 3. The Labute approximate surface area is 319 Å². The molecular formula is C41H46N8O6. The van der Waals surface area contributed by atoms with Crippen molar-refractivity contribution >= 4 is 40.9 Å². The van der Waals surface area contributed by atoms with Crippen LogP contribution in [0.15, 0.2) is 85.5 Å². The molecule has 0 aliphatic heterocycles. The van der Waals surface area contributed by atoms with Gasteiger partial charge in [0.15, 0.2) is 17.0 Å². The summed E-state index contributed by atoms with van der Waals surface area (Å²) in [6, 6.07) is 21.9. The Kier molecular flexibility index (Phi) is 12.6. The monoisotopic (exact) mass is 746 g/mol. The lowest BCUT2D eigenvalue weighted by Crippen LogP contribution is -2.42. The number of ether oxygens (including phenoxy) is 2. The molecule has 3 aromatic carbocycles. The van der Waals surface area contributed by atoms with E-state index in [2.05, 4.69) is 56.5 Å². The number of carbonyl (C=O) groups excluding carboxylic acids is 3. The Morgan fingerprint density at radius 2 is 1.64 bits per heavy atom. The number of unbranched alkanes of at least 4 members (excludes halogenated alkanes) is 2. The van der Waals surface area contributed by atoms with E-state index in [4.69, 9.17) is 15.2 Å². The molecule has 55 heavy (non-hydrogen) atoms. The van der Waals surface area contributed by atoms with Crippen LogP contribution in [0.3, 0.4) is 0 Å². The average Bonchev–Trinajstić information content (AvgIpc) is 3.69. The maximum Gasteiger partial charge on any atom is 0.407 e. The van der Waals surface area contributed by atoms with Gasteiger partial charge >= 0.3 is 12.1 Å². The van der Waals surface area contributed by atoms with Gasteiger partial charge in [-0.1, -0.05) is 86.7 Å². The number of esters is 1. The number of alkyl carbamates (subject to hydrolysis) is 1. The first-order valence-corrected chi connectivity index (χ1v) is 18.5. The third kappa shape index (κ3) is 9.21. The number of hydrogen-bond donors (Lipinski definition) is 5. The summed E-state index contributed by atoms with van der Waals surface area (Å²) in [4.78, 5) is 51.6. The van der Waals surface area contributed by atoms with Crippen molar-refractivity contribution in [3.8, 4) is 17.1 Å². The molecule has 286 valence electrons. The molecule has 0 bridgehead atoms. The number of hydrogen-bond acceptors (Lipinski definition) is 11. The van der Waals surface area contributed by atoms with Gasteiger partial charge in [-0.05, 0) is 65.6 Å². The molecule has 0 saturated heterocycles. The zero-order chi connectivity index (χ0) is 38.7. The van der Waals surface area contributed by atoms with E-state index in [0.29, 0.717) is 48.6 Å². The lowest BCUT2D eigenvalue weighted by atomic mass is 9.98. The molecule has 0 fully saturated rings. The maximum absolute atomic E-state index is 13.0. The second-order valence-electron chi connectivity index (χ2n) is 13.3. The molecule has 0 unspecified atom stereocenters. The van der Waals surface area contributed by atoms with E-state index in [1.165, 1.54) is 10.6 Å². The molecule has 0 spiro atoms. The van der Waals surface area contributed by atoms with E-state index in [1.807, 2.05) is 36.4 Å². The summed E-state index contributed by atoms with van der Waals surface area (Å²) in [5.74, 6) is -0.434. The number of amides is 2. The van der Waals surface area contributed by atoms with Gasteiger partial charge in [0.05, 0.1) is 6.54 Å². The third-order valence-electron chi connectivity index (χ3n) is 9.44. The fourth-order valence-electron chi connectivity index (χ4n) is 6.61. The summed E-state index contributed by atoms with van der Waals surface area (Å²) < 4.78 is 12.4. The normalized spacial score (nSPS) is 12.4. The van der Waals surface area contributed by atoms with Gasteiger partial charge in [0.2, 0.25) is 5.95 Å². The minimum Gasteiger partial charge on any atom is -0.480 e. The molecule has 14 nitrogen and oxygen atoms in total. The Morgan fingerprint density at radius 1 is 0.927 bits per heavy atom. The minimum atomic E-state index is -0.933. The van der Waals surface area contributed by atoms with Crippen molar-refractivity contribution in [1.29, 1.82) is 0 Å². The van der Waals surface area contributed by atoms with E-state index >= 15 is 0 Å². The van der Waals surface area contributed by atoms with Crippen LogP contribution in [0.2, 0.25) is 0 Å². The van der Waals surface area contributed by atoms with Crippen molar-refractivity contribution in [3.05, 3.63) is 108 Å². The van der Waals surface area contributed by atoms with Gasteiger partial charge in [-0.3, -0.25) is 9.36 Å². The predicted octanol–water partition coefficient (Wildman–Crippen LogP) is 5.91. The van der Waals surface area contributed by atoms with Crippen LogP contribution in [-0.2, 0) is 20.8 Å². The molecule has 2 amide bonds. The molecule has 2 aromatic heterocycles. The Morgan fingerprint density at radius 3 is 2.33 bits per heavy atom. The zero-order valence-electron chi connectivity index (χ0n) is 30.8. The largest absolute Gasteiger partial charge is 0.480 e. The summed E-state index contributed by atoms with van der Waals surface area (Å²) in [7, 11) is 0. The van der Waals surface area contributed by atoms with Crippen LogP contribution in [0.5, 0.6) is 6.01 Å². The summed E-state index contributed by atoms with van der Waals surface area (Å²) in [6.07, 6.45) is 4.06. The second-order valence-corrected chi connectivity index (χ2v) is 13.3. The van der Waals surface area contributed by atoms with Gasteiger partial charge < -0.3 is 36.3 Å². The summed E-state index contributed by atoms with van der Waals surface area (Å²) in [5.41, 5.74) is 12.5. The van der Waals surface area contributed by atoms with Crippen molar-refractivity contribution in [2.45, 2.75) is 57.5 Å². The van der Waals surface area contributed by atoms with Crippen molar-refractivity contribution < 1.29 is 29.0 Å². The highest BCUT2D eigenvalue weighted by molar-refractivity contribution is 5.94. The zero-order valence-corrected chi connectivity index (χ0v) is 30.8. The summed E-state index contributed by atoms with van der Waals surface area (Å²) in [6.45, 7) is 7.09. The Bertz CT molecular complexity index is 2110. The molecule has 0 radical (unpaired) electrons. The van der Waals surface area contributed by atoms with Crippen LogP contribution >= 0.6 is 0 Å². The molecule has 1 atom stereocenters. The van der Waals surface area contributed by atoms with Crippen LogP contribution < -0.4 is 21.7 Å². The van der Waals surface area contributed by atoms with E-state index in [0.717, 1.165) is 40.7 Å². The lowest BCUT2D eigenvalue weighted by Gasteiger charge is -2.19. The lowest BCUT2D eigenvalue weighted by molar-refractivity contribution is -0.145. The van der Waals surface area contributed by atoms with Crippen LogP contribution in [0.4, 0.5) is 16.6 Å². The number of rotatable bonds is 18. The van der Waals surface area contributed by atoms with Gasteiger partial charge in [0, 0.05) is 24.6 Å². The quantitative estimate of drug-likeness (QED) is 0.0406. The van der Waals surface area contributed by atoms with Crippen LogP contribution in [0.1, 0.15) is 72.0 Å². The van der Waals surface area contributed by atoms with Gasteiger partial charge in [0.1, 0.15) is 19.3 Å². The van der Waals surface area contributed by atoms with E-state index in [1.54, 1.807) is 24.3 Å². The molecule has 6 rings (SSSR count). The number of nitrogen functional groups attached to an aromatic ring is 1. The third-order valence-corrected chi connectivity index (χ3v) is 9.44. The second kappa shape index (κ2) is 18.1. The number of imidazole rings is 1. The molecular weight excluding hydrogens is 701 g/mol. The first-order valence-electron chi connectivity index (χ1n) is 18.5. The van der Waals surface area contributed by atoms with Gasteiger partial charge in [-0.15, -0.1) is 0 Å². The van der Waals surface area contributed by atoms with E-state index < -0.39 is 18.1 Å². The molecule has 5 aromatic rings. The highest BCUT2D eigenvalue weighted by atomic mass is 16.6. The van der Waals surface area contributed by atoms with Gasteiger partial charge in [-0.2, -0.15) is 15.0 Å². The van der Waals surface area contributed by atoms with Gasteiger partial charge in [0.25, 0.3) is 11.9 Å². The Balaban J connectivity index is 0.980. The molecule has 6 N–H and O–H groups in total. The Hall–Kier alpha value is -6.44. The number of anilines is 2. The van der Waals surface area contributed by atoms with Crippen LogP contribution in [0, 0.1) is 0 Å². The van der Waals surface area contributed by atoms with Crippen molar-refractivity contribution in [2.24, 2.45) is 0 Å². The fraction of sp³-hybridized carbons (Fsp3) is 0.317. The summed E-state index contributed by atoms with van der Waals surface area (Å²) >= 11 is 0. The number of nitrogens with two attached hydrogens (primary N) is 1. The predicted molar refractivity (Wildman–Crippen MR) is 210 cm³/mol. The fourth-order valence-corrected chi connectivity index (χ4v) is 6.61. The number of nitrogens with zero attached hydrogens (tertiary/aromatic N) is 4. The van der Waals surface area contributed by atoms with Crippen LogP contribution in [0.25, 0.3) is 22.3 Å². The number of nitrogens with one attached hydrogen (secondary N) is 3. The molecule has 2 heterocycles. The maximum atomic E-state index is 13.0. The highest BCUT2D eigenvalue weighted by Crippen LogP contribution is 2.44. The molecule has 1 aliphatic rings. The molecule has 1 aliphatic carbocycles. The minimum absolute atomic E-state index is 0.0111. The number of fused-ring (bicyclic) bond motifs is 4. The van der Waals surface area contributed by atoms with E-state index in [-0.39, 0.29) is 49.8 Å². The number of aromatic hydroxyl groups is 1. The van der Waals surface area contributed by atoms with E-state index in [9.17, 15) is 19.5 Å².